The van der Waals surface area contributed by atoms with Crippen LogP contribution in [0.25, 0.3) is 0 Å². The summed E-state index contributed by atoms with van der Waals surface area (Å²) in [6, 6.07) is 9.17. The van der Waals surface area contributed by atoms with Crippen molar-refractivity contribution in [1.82, 2.24) is 0 Å². The van der Waals surface area contributed by atoms with E-state index in [1.54, 1.807) is 0 Å². The molecule has 0 aliphatic carbocycles. The third kappa shape index (κ3) is 1.84. The average molecular weight is 198 g/mol. The molecule has 0 unspecified atom stereocenters. The lowest BCUT2D eigenvalue weighted by Gasteiger charge is -1.99. The van der Waals surface area contributed by atoms with Crippen molar-refractivity contribution in [3.63, 3.8) is 0 Å². The number of aryl methyl sites for hydroxylation is 1. The SMILES string of the molecule is CCCc1ccc[c]c1Br. The highest BCUT2D eigenvalue weighted by molar-refractivity contribution is 9.10. The minimum Gasteiger partial charge on any atom is -0.0651 e. The van der Waals surface area contributed by atoms with Gasteiger partial charge in [-0.1, -0.05) is 31.5 Å². The third-order valence-corrected chi connectivity index (χ3v) is 2.14. The number of hydrogen-bond donors (Lipinski definition) is 0. The molecule has 0 amide bonds. The zero-order chi connectivity index (χ0) is 7.40. The van der Waals surface area contributed by atoms with Crippen LogP contribution in [-0.2, 0) is 6.42 Å². The van der Waals surface area contributed by atoms with Gasteiger partial charge in [-0.05, 0) is 34.0 Å². The largest absolute Gasteiger partial charge is 0.0651 e. The zero-order valence-electron chi connectivity index (χ0n) is 6.02. The molecule has 0 saturated heterocycles. The zero-order valence-corrected chi connectivity index (χ0v) is 7.61. The van der Waals surface area contributed by atoms with E-state index in [4.69, 9.17) is 0 Å². The molecule has 1 radical (unpaired) electrons. The van der Waals surface area contributed by atoms with E-state index >= 15 is 0 Å². The molecule has 53 valence electrons. The van der Waals surface area contributed by atoms with E-state index in [0.717, 1.165) is 10.9 Å². The van der Waals surface area contributed by atoms with Crippen LogP contribution in [0.2, 0.25) is 0 Å². The topological polar surface area (TPSA) is 0 Å². The highest BCUT2D eigenvalue weighted by Crippen LogP contribution is 2.16. The van der Waals surface area contributed by atoms with Gasteiger partial charge in [-0.3, -0.25) is 0 Å². The van der Waals surface area contributed by atoms with Gasteiger partial charge in [0.1, 0.15) is 0 Å². The van der Waals surface area contributed by atoms with Crippen molar-refractivity contribution in [2.75, 3.05) is 0 Å². The molecule has 0 aliphatic rings. The fourth-order valence-corrected chi connectivity index (χ4v) is 1.38. The van der Waals surface area contributed by atoms with Gasteiger partial charge in [0.25, 0.3) is 0 Å². The van der Waals surface area contributed by atoms with Crippen LogP contribution < -0.4 is 0 Å². The molecule has 0 N–H and O–H groups in total. The highest BCUT2D eigenvalue weighted by atomic mass is 79.9. The van der Waals surface area contributed by atoms with Crippen molar-refractivity contribution in [1.29, 1.82) is 0 Å². The lowest BCUT2D eigenvalue weighted by molar-refractivity contribution is 0.917. The van der Waals surface area contributed by atoms with Crippen LogP contribution in [0.15, 0.2) is 22.7 Å². The number of hydrogen-bond acceptors (Lipinski definition) is 0. The molecule has 0 spiro atoms. The Labute approximate surface area is 70.4 Å². The number of benzene rings is 1. The molecule has 1 aromatic rings. The Hall–Kier alpha value is -0.300. The highest BCUT2D eigenvalue weighted by Gasteiger charge is 1.94. The van der Waals surface area contributed by atoms with Crippen LogP contribution in [0.5, 0.6) is 0 Å². The maximum atomic E-state index is 3.44. The minimum atomic E-state index is 1.11. The fourth-order valence-electron chi connectivity index (χ4n) is 0.914. The van der Waals surface area contributed by atoms with Crippen LogP contribution in [0.3, 0.4) is 0 Å². The van der Waals surface area contributed by atoms with Gasteiger partial charge in [0.2, 0.25) is 0 Å². The maximum absolute atomic E-state index is 3.44. The molecule has 0 aromatic heterocycles. The fraction of sp³-hybridized carbons (Fsp3) is 0.333. The first kappa shape index (κ1) is 7.80. The monoisotopic (exact) mass is 197 g/mol. The molecular formula is C9H10Br. The molecule has 1 aromatic carbocycles. The van der Waals surface area contributed by atoms with Crippen LogP contribution in [0.4, 0.5) is 0 Å². The van der Waals surface area contributed by atoms with Crippen molar-refractivity contribution < 1.29 is 0 Å². The van der Waals surface area contributed by atoms with Gasteiger partial charge in [0, 0.05) is 4.47 Å². The summed E-state index contributed by atoms with van der Waals surface area (Å²) >= 11 is 3.44. The molecule has 0 atom stereocenters. The average Bonchev–Trinajstić information content (AvgIpc) is 1.94. The van der Waals surface area contributed by atoms with E-state index < -0.39 is 0 Å². The second-order valence-corrected chi connectivity index (χ2v) is 3.05. The molecule has 0 bridgehead atoms. The van der Waals surface area contributed by atoms with Gasteiger partial charge < -0.3 is 0 Å². The summed E-state index contributed by atoms with van der Waals surface area (Å²) in [6.07, 6.45) is 2.33. The standard InChI is InChI=1S/C9H10Br/c1-2-5-8-6-3-4-7-9(8)10/h3-4,6H,2,5H2,1H3. The van der Waals surface area contributed by atoms with Crippen LogP contribution >= 0.6 is 15.9 Å². The molecule has 10 heavy (non-hydrogen) atoms. The van der Waals surface area contributed by atoms with Crippen molar-refractivity contribution in [3.05, 3.63) is 34.3 Å². The van der Waals surface area contributed by atoms with Crippen LogP contribution in [0, 0.1) is 6.07 Å². The molecular weight excluding hydrogens is 188 g/mol. The first-order valence-corrected chi connectivity index (χ1v) is 4.29. The molecule has 0 heterocycles. The lowest BCUT2D eigenvalue weighted by Crippen LogP contribution is -1.83. The van der Waals surface area contributed by atoms with E-state index in [2.05, 4.69) is 35.0 Å². The smallest absolute Gasteiger partial charge is 0.0286 e. The van der Waals surface area contributed by atoms with Gasteiger partial charge in [0.15, 0.2) is 0 Å². The van der Waals surface area contributed by atoms with Gasteiger partial charge in [-0.25, -0.2) is 0 Å². The quantitative estimate of drug-likeness (QED) is 0.684. The van der Waals surface area contributed by atoms with Crippen molar-refractivity contribution in [2.24, 2.45) is 0 Å². The summed E-state index contributed by atoms with van der Waals surface area (Å²) < 4.78 is 1.11. The summed E-state index contributed by atoms with van der Waals surface area (Å²) in [5.74, 6) is 0. The second-order valence-electron chi connectivity index (χ2n) is 2.26. The number of halogens is 1. The first-order chi connectivity index (χ1) is 4.84. The molecule has 0 fully saturated rings. The summed E-state index contributed by atoms with van der Waals surface area (Å²) in [6.45, 7) is 2.18. The normalized spacial score (nSPS) is 9.80. The molecule has 0 nitrogen and oxygen atoms in total. The van der Waals surface area contributed by atoms with E-state index in [-0.39, 0.29) is 0 Å². The minimum absolute atomic E-state index is 1.11. The Balaban J connectivity index is 2.81. The number of rotatable bonds is 2. The lowest BCUT2D eigenvalue weighted by atomic mass is 10.1. The molecule has 1 heteroatoms. The van der Waals surface area contributed by atoms with Gasteiger partial charge in [-0.15, -0.1) is 0 Å². The van der Waals surface area contributed by atoms with Crippen molar-refractivity contribution in [2.45, 2.75) is 19.8 Å². The Bertz CT molecular complexity index is 206. The van der Waals surface area contributed by atoms with Crippen LogP contribution in [-0.4, -0.2) is 0 Å². The summed E-state index contributed by atoms with van der Waals surface area (Å²) in [5, 5.41) is 0. The van der Waals surface area contributed by atoms with E-state index in [0.29, 0.717) is 0 Å². The first-order valence-electron chi connectivity index (χ1n) is 3.49. The van der Waals surface area contributed by atoms with Crippen molar-refractivity contribution in [3.8, 4) is 0 Å². The summed E-state index contributed by atoms with van der Waals surface area (Å²) in [7, 11) is 0. The van der Waals surface area contributed by atoms with Crippen molar-refractivity contribution >= 4 is 15.9 Å². The Kier molecular flexibility index (Phi) is 2.94. The summed E-state index contributed by atoms with van der Waals surface area (Å²) in [5.41, 5.74) is 1.35. The Morgan fingerprint density at radius 3 is 3.00 bits per heavy atom. The van der Waals surface area contributed by atoms with Gasteiger partial charge >= 0.3 is 0 Å². The van der Waals surface area contributed by atoms with Gasteiger partial charge in [0.05, 0.1) is 0 Å². The maximum Gasteiger partial charge on any atom is 0.0286 e. The summed E-state index contributed by atoms with van der Waals surface area (Å²) in [4.78, 5) is 0. The van der Waals surface area contributed by atoms with Crippen LogP contribution in [0.1, 0.15) is 18.9 Å². The second kappa shape index (κ2) is 3.77. The van der Waals surface area contributed by atoms with E-state index in [1.165, 1.54) is 12.0 Å². The predicted molar refractivity (Wildman–Crippen MR) is 47.0 cm³/mol. The van der Waals surface area contributed by atoms with Gasteiger partial charge in [-0.2, -0.15) is 0 Å². The molecule has 0 aliphatic heterocycles. The Morgan fingerprint density at radius 1 is 1.60 bits per heavy atom. The molecule has 0 saturated carbocycles. The van der Waals surface area contributed by atoms with E-state index in [1.807, 2.05) is 12.1 Å². The predicted octanol–water partition coefficient (Wildman–Crippen LogP) is 3.20. The Morgan fingerprint density at radius 2 is 2.40 bits per heavy atom. The van der Waals surface area contributed by atoms with E-state index in [9.17, 15) is 0 Å². The third-order valence-electron chi connectivity index (χ3n) is 1.40. The molecule has 1 rings (SSSR count).